The van der Waals surface area contributed by atoms with Gasteiger partial charge in [0.25, 0.3) is 16.0 Å². The van der Waals surface area contributed by atoms with Gasteiger partial charge in [0.15, 0.2) is 0 Å². The van der Waals surface area contributed by atoms with E-state index in [0.29, 0.717) is 36.2 Å². The van der Waals surface area contributed by atoms with Crippen molar-refractivity contribution in [1.82, 2.24) is 15.3 Å². The van der Waals surface area contributed by atoms with Crippen LogP contribution in [0.3, 0.4) is 0 Å². The molecule has 1 saturated heterocycles. The number of aromatic nitrogens is 2. The Bertz CT molecular complexity index is 921. The Labute approximate surface area is 193 Å². The first kappa shape index (κ1) is 23.2. The lowest BCUT2D eigenvalue weighted by Crippen LogP contribution is -2.59. The van der Waals surface area contributed by atoms with Crippen molar-refractivity contribution in [3.63, 3.8) is 0 Å². The minimum atomic E-state index is -3.67. The van der Waals surface area contributed by atoms with E-state index in [1.807, 2.05) is 0 Å². The summed E-state index contributed by atoms with van der Waals surface area (Å²) in [6.45, 7) is 0.675. The van der Waals surface area contributed by atoms with Crippen molar-refractivity contribution < 1.29 is 32.3 Å². The van der Waals surface area contributed by atoms with Crippen molar-refractivity contribution in [2.45, 2.75) is 69.4 Å². The average molecular weight is 484 g/mol. The topological polar surface area (TPSA) is 140 Å². The number of hydrogen-bond acceptors (Lipinski definition) is 7. The van der Waals surface area contributed by atoms with Crippen LogP contribution in [-0.2, 0) is 24.6 Å². The van der Waals surface area contributed by atoms with Gasteiger partial charge in [-0.1, -0.05) is 0 Å². The first-order valence-electron chi connectivity index (χ1n) is 11.9. The third-order valence-electron chi connectivity index (χ3n) is 8.11. The molecule has 6 fully saturated rings. The van der Waals surface area contributed by atoms with Gasteiger partial charge in [-0.3, -0.25) is 9.35 Å². The Hall–Kier alpha value is -1.53. The predicted molar refractivity (Wildman–Crippen MR) is 116 cm³/mol. The van der Waals surface area contributed by atoms with Crippen LogP contribution in [0, 0.1) is 29.6 Å². The van der Waals surface area contributed by atoms with E-state index in [9.17, 15) is 13.2 Å². The van der Waals surface area contributed by atoms with Gasteiger partial charge < -0.3 is 15.0 Å². The number of nitrogens with zero attached hydrogens (tertiary/aromatic N) is 1. The molecule has 4 bridgehead atoms. The van der Waals surface area contributed by atoms with Gasteiger partial charge in [0.05, 0.1) is 18.8 Å². The molecule has 3 N–H and O–H groups in total. The second-order valence-electron chi connectivity index (χ2n) is 10.6. The molecule has 7 rings (SSSR count). The number of aromatic amines is 1. The van der Waals surface area contributed by atoms with Gasteiger partial charge in [-0.25, -0.2) is 4.98 Å². The molecule has 6 aliphatic rings. The van der Waals surface area contributed by atoms with Crippen LogP contribution in [0.1, 0.15) is 68.3 Å². The van der Waals surface area contributed by atoms with E-state index < -0.39 is 21.7 Å². The fourth-order valence-electron chi connectivity index (χ4n) is 6.83. The van der Waals surface area contributed by atoms with Crippen LogP contribution in [0.25, 0.3) is 0 Å². The van der Waals surface area contributed by atoms with Gasteiger partial charge in [-0.2, -0.15) is 18.2 Å². The van der Waals surface area contributed by atoms with E-state index in [1.165, 1.54) is 38.4 Å². The third-order valence-corrected chi connectivity index (χ3v) is 8.11. The molecule has 1 amide bonds. The number of imidazole rings is 1. The van der Waals surface area contributed by atoms with E-state index in [0.717, 1.165) is 37.5 Å². The molecule has 33 heavy (non-hydrogen) atoms. The van der Waals surface area contributed by atoms with E-state index in [4.69, 9.17) is 19.1 Å². The zero-order chi connectivity index (χ0) is 23.3. The van der Waals surface area contributed by atoms with Gasteiger partial charge in [0, 0.05) is 31.2 Å². The normalized spacial score (nSPS) is 41.2. The molecule has 0 atom stereocenters. The summed E-state index contributed by atoms with van der Waals surface area (Å²) in [6, 6.07) is 0. The van der Waals surface area contributed by atoms with Crippen molar-refractivity contribution in [1.29, 1.82) is 0 Å². The second kappa shape index (κ2) is 8.60. The molecule has 0 unspecified atom stereocenters. The summed E-state index contributed by atoms with van der Waals surface area (Å²) in [5, 5.41) is 3.01. The van der Waals surface area contributed by atoms with Crippen LogP contribution in [-0.4, -0.2) is 53.2 Å². The van der Waals surface area contributed by atoms with Crippen molar-refractivity contribution in [2.75, 3.05) is 12.8 Å². The first-order valence-corrected chi connectivity index (χ1v) is 13.7. The Morgan fingerprint density at radius 1 is 1.15 bits per heavy atom. The maximum Gasteiger partial charge on any atom is 0.269 e. The zero-order valence-corrected chi connectivity index (χ0v) is 19.7. The van der Waals surface area contributed by atoms with Gasteiger partial charge >= 0.3 is 0 Å². The number of carbonyl (C=O) groups is 1. The third kappa shape index (κ3) is 4.84. The predicted octanol–water partition coefficient (Wildman–Crippen LogP) is 2.66. The molecule has 5 aliphatic carbocycles. The molecule has 10 nitrogen and oxygen atoms in total. The maximum atomic E-state index is 12.1. The van der Waals surface area contributed by atoms with E-state index in [1.54, 1.807) is 6.20 Å². The van der Waals surface area contributed by atoms with E-state index in [2.05, 4.69) is 15.3 Å². The summed E-state index contributed by atoms with van der Waals surface area (Å²) >= 11 is 0. The summed E-state index contributed by atoms with van der Waals surface area (Å²) in [5.41, 5.74) is 0.506. The molecule has 11 heteroatoms. The van der Waals surface area contributed by atoms with Crippen LogP contribution in [0.2, 0.25) is 0 Å². The molecular weight excluding hydrogens is 450 g/mol. The Kier molecular flexibility index (Phi) is 6.05. The molecular formula is C22H33N3O7S. The fourth-order valence-corrected chi connectivity index (χ4v) is 6.83. The molecule has 2 heterocycles. The highest BCUT2D eigenvalue weighted by Gasteiger charge is 2.66. The molecule has 2 spiro atoms. The lowest BCUT2D eigenvalue weighted by Gasteiger charge is -2.57. The summed E-state index contributed by atoms with van der Waals surface area (Å²) in [6.07, 6.45) is 13.8. The van der Waals surface area contributed by atoms with Gasteiger partial charge in [-0.05, 0) is 62.7 Å². The number of amides is 1. The maximum absolute atomic E-state index is 12.1. The summed E-state index contributed by atoms with van der Waals surface area (Å²) < 4.78 is 32.6. The van der Waals surface area contributed by atoms with Crippen LogP contribution in [0.5, 0.6) is 0 Å². The highest BCUT2D eigenvalue weighted by Crippen LogP contribution is 2.63. The van der Waals surface area contributed by atoms with Crippen LogP contribution in [0.15, 0.2) is 12.5 Å². The zero-order valence-electron chi connectivity index (χ0n) is 18.9. The van der Waals surface area contributed by atoms with Crippen molar-refractivity contribution in [2.24, 2.45) is 29.6 Å². The van der Waals surface area contributed by atoms with Crippen LogP contribution < -0.4 is 5.32 Å². The van der Waals surface area contributed by atoms with Crippen molar-refractivity contribution >= 4 is 16.0 Å². The van der Waals surface area contributed by atoms with Crippen LogP contribution >= 0.6 is 0 Å². The van der Waals surface area contributed by atoms with Crippen LogP contribution in [0.4, 0.5) is 0 Å². The highest BCUT2D eigenvalue weighted by molar-refractivity contribution is 7.85. The average Bonchev–Trinajstić information content (AvgIpc) is 3.40. The number of H-pyrrole nitrogens is 1. The largest absolute Gasteiger partial charge is 0.350 e. The van der Waals surface area contributed by atoms with Crippen molar-refractivity contribution in [3.05, 3.63) is 18.2 Å². The Balaban J connectivity index is 0.000000416. The van der Waals surface area contributed by atoms with Crippen molar-refractivity contribution in [3.8, 4) is 0 Å². The van der Waals surface area contributed by atoms with E-state index in [-0.39, 0.29) is 5.91 Å². The standard InChI is InChI=1S/C21H29N3O4.CH4O3S/c25-19(18-11-22-12-24-18)23-10-13-1-3-20(4-2-13)26-21(28-27-20)16-6-14-5-15(8-16)9-17(21)7-14;1-5(2,3)4/h11-17H,1-10H2,(H,22,24)(H,23,25);1H3,(H,2,3,4). The number of hydrogen-bond donors (Lipinski definition) is 3. The van der Waals surface area contributed by atoms with Gasteiger partial charge in [0.1, 0.15) is 5.69 Å². The lowest BCUT2D eigenvalue weighted by molar-refractivity contribution is -0.390. The molecule has 1 aliphatic heterocycles. The summed E-state index contributed by atoms with van der Waals surface area (Å²) in [7, 11) is -3.67. The molecule has 5 saturated carbocycles. The second-order valence-corrected chi connectivity index (χ2v) is 12.0. The summed E-state index contributed by atoms with van der Waals surface area (Å²) in [5.74, 6) is 2.08. The Morgan fingerprint density at radius 3 is 2.30 bits per heavy atom. The number of ether oxygens (including phenoxy) is 1. The fraction of sp³-hybridized carbons (Fsp3) is 0.818. The number of rotatable bonds is 3. The molecule has 1 aromatic heterocycles. The summed E-state index contributed by atoms with van der Waals surface area (Å²) in [4.78, 5) is 30.9. The number of nitrogens with one attached hydrogen (secondary N) is 2. The monoisotopic (exact) mass is 483 g/mol. The first-order chi connectivity index (χ1) is 15.6. The quantitative estimate of drug-likeness (QED) is 0.440. The molecule has 1 aromatic rings. The minimum Gasteiger partial charge on any atom is -0.350 e. The molecule has 184 valence electrons. The highest BCUT2D eigenvalue weighted by atomic mass is 32.2. The van der Waals surface area contributed by atoms with E-state index >= 15 is 0 Å². The Morgan fingerprint density at radius 2 is 1.76 bits per heavy atom. The lowest BCUT2D eigenvalue weighted by atomic mass is 9.53. The smallest absolute Gasteiger partial charge is 0.269 e. The number of carbonyl (C=O) groups excluding carboxylic acids is 1. The minimum absolute atomic E-state index is 0.0953. The SMILES string of the molecule is CS(=O)(=O)O.O=C(NCC1CCC2(CC1)OOC1(O2)C2CC3CC(C2)CC1C3)c1cnc[nH]1. The molecule has 0 radical (unpaired) electrons. The van der Waals surface area contributed by atoms with Gasteiger partial charge in [0.2, 0.25) is 11.6 Å². The van der Waals surface area contributed by atoms with Gasteiger partial charge in [-0.15, -0.1) is 0 Å². The molecule has 0 aromatic carbocycles.